The number of aromatic nitrogens is 2. The van der Waals surface area contributed by atoms with Crippen molar-refractivity contribution in [1.82, 2.24) is 9.97 Å². The first kappa shape index (κ1) is 12.7. The van der Waals surface area contributed by atoms with Crippen LogP contribution in [0.2, 0.25) is 0 Å². The number of rotatable bonds is 4. The van der Waals surface area contributed by atoms with Gasteiger partial charge in [0.05, 0.1) is 19.8 Å². The van der Waals surface area contributed by atoms with E-state index in [4.69, 9.17) is 15.2 Å². The third kappa shape index (κ3) is 3.12. The Balaban J connectivity index is 1.97. The molecule has 0 saturated heterocycles. The number of methoxy groups -OCH3 is 1. The molecule has 5 nitrogen and oxygen atoms in total. The first-order chi connectivity index (χ1) is 8.69. The van der Waals surface area contributed by atoms with Gasteiger partial charge in [0.25, 0.3) is 0 Å². The van der Waals surface area contributed by atoms with E-state index in [1.807, 2.05) is 0 Å². The molecule has 1 heterocycles. The fourth-order valence-electron chi connectivity index (χ4n) is 2.03. The van der Waals surface area contributed by atoms with Gasteiger partial charge in [-0.1, -0.05) is 19.1 Å². The van der Waals surface area contributed by atoms with Crippen LogP contribution in [0, 0.1) is 11.8 Å². The molecule has 98 valence electrons. The monoisotopic (exact) mass is 249 g/mol. The van der Waals surface area contributed by atoms with E-state index in [-0.39, 0.29) is 5.95 Å². The molecule has 2 N–H and O–H groups in total. The topological polar surface area (TPSA) is 70.3 Å². The van der Waals surface area contributed by atoms with E-state index in [0.29, 0.717) is 30.2 Å². The van der Waals surface area contributed by atoms with E-state index in [1.54, 1.807) is 13.2 Å². The van der Waals surface area contributed by atoms with Gasteiger partial charge in [-0.2, -0.15) is 9.97 Å². The lowest BCUT2D eigenvalue weighted by Crippen LogP contribution is -2.21. The van der Waals surface area contributed by atoms with Crippen LogP contribution in [-0.4, -0.2) is 23.7 Å². The smallest absolute Gasteiger partial charge is 0.226 e. The van der Waals surface area contributed by atoms with Crippen LogP contribution in [-0.2, 0) is 0 Å². The summed E-state index contributed by atoms with van der Waals surface area (Å²) in [7, 11) is 1.54. The van der Waals surface area contributed by atoms with Gasteiger partial charge in [0.1, 0.15) is 0 Å². The Morgan fingerprint density at radius 2 is 2.00 bits per heavy atom. The van der Waals surface area contributed by atoms with E-state index < -0.39 is 0 Å². The van der Waals surface area contributed by atoms with Gasteiger partial charge in [-0.15, -0.1) is 0 Å². The maximum atomic E-state index is 5.69. The number of ether oxygens (including phenoxy) is 2. The van der Waals surface area contributed by atoms with Gasteiger partial charge in [0.15, 0.2) is 0 Å². The zero-order valence-electron chi connectivity index (χ0n) is 10.8. The van der Waals surface area contributed by atoms with E-state index in [2.05, 4.69) is 29.0 Å². The van der Waals surface area contributed by atoms with Gasteiger partial charge >= 0.3 is 0 Å². The normalized spacial score (nSPS) is 22.8. The van der Waals surface area contributed by atoms with Gasteiger partial charge in [-0.05, 0) is 24.7 Å². The van der Waals surface area contributed by atoms with Crippen LogP contribution in [0.15, 0.2) is 18.2 Å². The van der Waals surface area contributed by atoms with Gasteiger partial charge in [0, 0.05) is 0 Å². The summed E-state index contributed by atoms with van der Waals surface area (Å²) in [4.78, 5) is 7.95. The second-order valence-corrected chi connectivity index (χ2v) is 4.60. The second-order valence-electron chi connectivity index (χ2n) is 4.60. The SMILES string of the molecule is COc1cc(OCC2CC=CCC2C)nc(N)n1. The zero-order valence-corrected chi connectivity index (χ0v) is 10.8. The highest BCUT2D eigenvalue weighted by Gasteiger charge is 2.19. The van der Waals surface area contributed by atoms with Gasteiger partial charge in [0.2, 0.25) is 17.7 Å². The fraction of sp³-hybridized carbons (Fsp3) is 0.538. The summed E-state index contributed by atoms with van der Waals surface area (Å²) in [5, 5.41) is 0. The zero-order chi connectivity index (χ0) is 13.0. The highest BCUT2D eigenvalue weighted by atomic mass is 16.5. The third-order valence-electron chi connectivity index (χ3n) is 3.27. The summed E-state index contributed by atoms with van der Waals surface area (Å²) < 4.78 is 10.7. The maximum absolute atomic E-state index is 5.69. The Morgan fingerprint density at radius 3 is 2.72 bits per heavy atom. The summed E-state index contributed by atoms with van der Waals surface area (Å²) >= 11 is 0. The van der Waals surface area contributed by atoms with E-state index >= 15 is 0 Å². The number of nitrogens with two attached hydrogens (primary N) is 1. The molecule has 0 radical (unpaired) electrons. The summed E-state index contributed by atoms with van der Waals surface area (Å²) in [6, 6.07) is 1.65. The lowest BCUT2D eigenvalue weighted by molar-refractivity contribution is 0.192. The standard InChI is InChI=1S/C13H19N3O2/c1-9-5-3-4-6-10(9)8-18-12-7-11(17-2)15-13(14)16-12/h3-4,7,9-10H,5-6,8H2,1-2H3,(H2,14,15,16). The number of hydrogen-bond acceptors (Lipinski definition) is 5. The molecule has 0 spiro atoms. The average molecular weight is 249 g/mol. The van der Waals surface area contributed by atoms with Crippen molar-refractivity contribution in [2.75, 3.05) is 19.5 Å². The highest BCUT2D eigenvalue weighted by Crippen LogP contribution is 2.26. The van der Waals surface area contributed by atoms with Crippen molar-refractivity contribution in [3.63, 3.8) is 0 Å². The molecule has 5 heteroatoms. The number of nitrogen functional groups attached to an aromatic ring is 1. The summed E-state index contributed by atoms with van der Waals surface area (Å²) in [5.74, 6) is 2.23. The lowest BCUT2D eigenvalue weighted by Gasteiger charge is -2.24. The number of allylic oxidation sites excluding steroid dienone is 2. The quantitative estimate of drug-likeness (QED) is 0.827. The van der Waals surface area contributed by atoms with Crippen molar-refractivity contribution in [3.8, 4) is 11.8 Å². The molecule has 1 aromatic rings. The molecule has 0 bridgehead atoms. The average Bonchev–Trinajstić information content (AvgIpc) is 2.37. The van der Waals surface area contributed by atoms with Crippen molar-refractivity contribution in [1.29, 1.82) is 0 Å². The number of nitrogens with zero attached hydrogens (tertiary/aromatic N) is 2. The molecule has 1 aromatic heterocycles. The Hall–Kier alpha value is -1.78. The molecular formula is C13H19N3O2. The minimum absolute atomic E-state index is 0.168. The van der Waals surface area contributed by atoms with E-state index in [9.17, 15) is 0 Å². The molecule has 0 aromatic carbocycles. The van der Waals surface area contributed by atoms with E-state index in [0.717, 1.165) is 12.8 Å². The fourth-order valence-corrected chi connectivity index (χ4v) is 2.03. The third-order valence-corrected chi connectivity index (χ3v) is 3.27. The van der Waals surface area contributed by atoms with Crippen LogP contribution in [0.5, 0.6) is 11.8 Å². The minimum Gasteiger partial charge on any atom is -0.481 e. The molecule has 18 heavy (non-hydrogen) atoms. The second kappa shape index (κ2) is 5.71. The molecule has 0 fully saturated rings. The summed E-state index contributed by atoms with van der Waals surface area (Å²) in [6.45, 7) is 2.89. The highest BCUT2D eigenvalue weighted by molar-refractivity contribution is 5.29. The van der Waals surface area contributed by atoms with Crippen molar-refractivity contribution >= 4 is 5.95 Å². The largest absolute Gasteiger partial charge is 0.481 e. The van der Waals surface area contributed by atoms with Crippen LogP contribution in [0.1, 0.15) is 19.8 Å². The van der Waals surface area contributed by atoms with Crippen LogP contribution in [0.4, 0.5) is 5.95 Å². The molecule has 1 aliphatic carbocycles. The molecule has 2 rings (SSSR count). The molecule has 1 aliphatic rings. The first-order valence-corrected chi connectivity index (χ1v) is 6.15. The minimum atomic E-state index is 0.168. The van der Waals surface area contributed by atoms with Crippen LogP contribution in [0.3, 0.4) is 0 Å². The molecule has 0 saturated carbocycles. The molecule has 2 atom stereocenters. The van der Waals surface area contributed by atoms with Crippen molar-refractivity contribution in [2.45, 2.75) is 19.8 Å². The predicted octanol–water partition coefficient (Wildman–Crippen LogP) is 2.05. The van der Waals surface area contributed by atoms with Crippen molar-refractivity contribution in [3.05, 3.63) is 18.2 Å². The van der Waals surface area contributed by atoms with Crippen molar-refractivity contribution < 1.29 is 9.47 Å². The Kier molecular flexibility index (Phi) is 4.02. The predicted molar refractivity (Wildman–Crippen MR) is 69.5 cm³/mol. The molecule has 2 unspecified atom stereocenters. The Morgan fingerprint density at radius 1 is 1.28 bits per heavy atom. The number of hydrogen-bond donors (Lipinski definition) is 1. The molecule has 0 amide bonds. The summed E-state index contributed by atoms with van der Waals surface area (Å²) in [6.07, 6.45) is 6.61. The maximum Gasteiger partial charge on any atom is 0.226 e. The van der Waals surface area contributed by atoms with Gasteiger partial charge in [-0.3, -0.25) is 0 Å². The van der Waals surface area contributed by atoms with Crippen LogP contribution < -0.4 is 15.2 Å². The lowest BCUT2D eigenvalue weighted by atomic mass is 9.85. The Labute approximate surface area is 107 Å². The molecular weight excluding hydrogens is 230 g/mol. The number of anilines is 1. The Bertz CT molecular complexity index is 434. The molecule has 0 aliphatic heterocycles. The van der Waals surface area contributed by atoms with Crippen LogP contribution in [0.25, 0.3) is 0 Å². The first-order valence-electron chi connectivity index (χ1n) is 6.15. The van der Waals surface area contributed by atoms with Gasteiger partial charge in [-0.25, -0.2) is 0 Å². The van der Waals surface area contributed by atoms with Crippen molar-refractivity contribution in [2.24, 2.45) is 11.8 Å². The van der Waals surface area contributed by atoms with Gasteiger partial charge < -0.3 is 15.2 Å². The van der Waals surface area contributed by atoms with Crippen LogP contribution >= 0.6 is 0 Å². The summed E-state index contributed by atoms with van der Waals surface area (Å²) in [5.41, 5.74) is 5.58. The van der Waals surface area contributed by atoms with E-state index in [1.165, 1.54) is 0 Å².